The summed E-state index contributed by atoms with van der Waals surface area (Å²) in [5.41, 5.74) is 2.06. The first-order valence-electron chi connectivity index (χ1n) is 10.8. The molecule has 7 heteroatoms. The number of carbonyl (C=O) groups excluding carboxylic acids is 1. The Bertz CT molecular complexity index is 1060. The average molecular weight is 421 g/mol. The molecule has 0 spiro atoms. The van der Waals surface area contributed by atoms with Crippen molar-refractivity contribution in [3.63, 3.8) is 0 Å². The van der Waals surface area contributed by atoms with Gasteiger partial charge in [-0.25, -0.2) is 0 Å². The van der Waals surface area contributed by atoms with Crippen LogP contribution in [0.25, 0.3) is 10.9 Å². The lowest BCUT2D eigenvalue weighted by Crippen LogP contribution is -2.27. The van der Waals surface area contributed by atoms with E-state index in [2.05, 4.69) is 15.1 Å². The van der Waals surface area contributed by atoms with Crippen molar-refractivity contribution in [2.75, 3.05) is 20.2 Å². The van der Waals surface area contributed by atoms with Gasteiger partial charge in [0.05, 0.1) is 25.7 Å². The van der Waals surface area contributed by atoms with E-state index in [1.54, 1.807) is 7.11 Å². The number of rotatable bonds is 6. The molecule has 7 nitrogen and oxygen atoms in total. The Morgan fingerprint density at radius 3 is 2.45 bits per heavy atom. The van der Waals surface area contributed by atoms with Crippen molar-refractivity contribution in [2.45, 2.75) is 38.8 Å². The van der Waals surface area contributed by atoms with Gasteiger partial charge in [0.15, 0.2) is 5.69 Å². The summed E-state index contributed by atoms with van der Waals surface area (Å²) >= 11 is 0. The number of hydrogen-bond acceptors (Lipinski definition) is 5. The standard InChI is InChI=1S/C24H28N4O3/c1-31-19-12-10-18(11-13-19)16-22(29)25-26-23-20-8-4-5-9-21(20)28(24(23)30)17-27-14-6-2-3-7-15-27/h4-5,8-13,30H,2-3,6-7,14-17H2,1H3. The number of hydrogen-bond donors (Lipinski definition) is 1. The Balaban J connectivity index is 1.55. The number of carbonyl (C=O) groups is 1. The predicted molar refractivity (Wildman–Crippen MR) is 120 cm³/mol. The maximum absolute atomic E-state index is 12.4. The Morgan fingerprint density at radius 1 is 1.03 bits per heavy atom. The Kier molecular flexibility index (Phi) is 6.62. The van der Waals surface area contributed by atoms with Crippen molar-refractivity contribution in [1.29, 1.82) is 0 Å². The molecule has 0 radical (unpaired) electrons. The number of aromatic hydroxyl groups is 1. The zero-order chi connectivity index (χ0) is 21.6. The average Bonchev–Trinajstić information content (AvgIpc) is 2.94. The predicted octanol–water partition coefficient (Wildman–Crippen LogP) is 5.04. The van der Waals surface area contributed by atoms with E-state index < -0.39 is 0 Å². The number of ether oxygens (including phenoxy) is 1. The van der Waals surface area contributed by atoms with E-state index in [-0.39, 0.29) is 18.2 Å². The molecule has 0 aliphatic carbocycles. The lowest BCUT2D eigenvalue weighted by Gasteiger charge is -2.21. The molecule has 4 rings (SSSR count). The minimum Gasteiger partial charge on any atom is -0.497 e. The van der Waals surface area contributed by atoms with Crippen molar-refractivity contribution >= 4 is 22.5 Å². The lowest BCUT2D eigenvalue weighted by atomic mass is 10.1. The van der Waals surface area contributed by atoms with Crippen LogP contribution in [0.3, 0.4) is 0 Å². The van der Waals surface area contributed by atoms with E-state index >= 15 is 0 Å². The monoisotopic (exact) mass is 420 g/mol. The molecule has 1 N–H and O–H groups in total. The van der Waals surface area contributed by atoms with Crippen LogP contribution in [-0.2, 0) is 17.9 Å². The van der Waals surface area contributed by atoms with E-state index in [0.717, 1.165) is 35.3 Å². The number of azo groups is 1. The van der Waals surface area contributed by atoms with Gasteiger partial charge in [0.25, 0.3) is 5.91 Å². The first-order chi connectivity index (χ1) is 15.2. The number of benzene rings is 2. The van der Waals surface area contributed by atoms with Gasteiger partial charge in [-0.3, -0.25) is 14.3 Å². The molecule has 1 aliphatic rings. The third kappa shape index (κ3) is 4.94. The van der Waals surface area contributed by atoms with Crippen LogP contribution in [0.4, 0.5) is 5.69 Å². The summed E-state index contributed by atoms with van der Waals surface area (Å²) in [6.45, 7) is 2.63. The fourth-order valence-corrected chi connectivity index (χ4v) is 4.05. The molecule has 0 bridgehead atoms. The molecule has 1 saturated heterocycles. The fourth-order valence-electron chi connectivity index (χ4n) is 4.05. The highest BCUT2D eigenvalue weighted by atomic mass is 16.5. The maximum atomic E-state index is 12.4. The summed E-state index contributed by atoms with van der Waals surface area (Å²) < 4.78 is 7.00. The van der Waals surface area contributed by atoms with Crippen molar-refractivity contribution in [3.8, 4) is 11.6 Å². The SMILES string of the molecule is COc1ccc(CC(=O)N=Nc2c(O)n(CN3CCCCCC3)c3ccccc23)cc1. The molecule has 0 unspecified atom stereocenters. The maximum Gasteiger partial charge on any atom is 0.269 e. The highest BCUT2D eigenvalue weighted by Crippen LogP contribution is 2.39. The van der Waals surface area contributed by atoms with Crippen LogP contribution in [0, 0.1) is 0 Å². The Labute approximate surface area is 182 Å². The normalized spacial score (nSPS) is 15.4. The summed E-state index contributed by atoms with van der Waals surface area (Å²) in [6, 6.07) is 15.0. The Morgan fingerprint density at radius 2 is 1.74 bits per heavy atom. The van der Waals surface area contributed by atoms with Crippen LogP contribution in [0.1, 0.15) is 31.2 Å². The van der Waals surface area contributed by atoms with Crippen molar-refractivity contribution in [1.82, 2.24) is 9.47 Å². The van der Waals surface area contributed by atoms with Crippen LogP contribution < -0.4 is 4.74 Å². The largest absolute Gasteiger partial charge is 0.497 e. The lowest BCUT2D eigenvalue weighted by molar-refractivity contribution is -0.117. The van der Waals surface area contributed by atoms with Gasteiger partial charge in [0.2, 0.25) is 5.88 Å². The molecule has 1 amide bonds. The first kappa shape index (κ1) is 21.1. The molecule has 162 valence electrons. The van der Waals surface area contributed by atoms with Gasteiger partial charge >= 0.3 is 0 Å². The molecule has 1 aliphatic heterocycles. The van der Waals surface area contributed by atoms with E-state index in [0.29, 0.717) is 12.4 Å². The number of methoxy groups -OCH3 is 1. The minimum atomic E-state index is -0.367. The van der Waals surface area contributed by atoms with E-state index in [1.807, 2.05) is 53.1 Å². The summed E-state index contributed by atoms with van der Waals surface area (Å²) in [5.74, 6) is 0.417. The molecular weight excluding hydrogens is 392 g/mol. The van der Waals surface area contributed by atoms with Crippen LogP contribution in [0.2, 0.25) is 0 Å². The van der Waals surface area contributed by atoms with Crippen LogP contribution in [-0.4, -0.2) is 40.7 Å². The van der Waals surface area contributed by atoms with Crippen LogP contribution >= 0.6 is 0 Å². The van der Waals surface area contributed by atoms with E-state index in [9.17, 15) is 9.90 Å². The van der Waals surface area contributed by atoms with Gasteiger partial charge < -0.3 is 9.84 Å². The number of fused-ring (bicyclic) bond motifs is 1. The molecule has 31 heavy (non-hydrogen) atoms. The highest BCUT2D eigenvalue weighted by Gasteiger charge is 2.19. The van der Waals surface area contributed by atoms with Crippen molar-refractivity contribution in [2.24, 2.45) is 10.2 Å². The molecule has 2 heterocycles. The molecule has 3 aromatic rings. The van der Waals surface area contributed by atoms with Gasteiger partial charge in [-0.1, -0.05) is 43.2 Å². The van der Waals surface area contributed by atoms with Gasteiger partial charge in [0, 0.05) is 5.39 Å². The van der Waals surface area contributed by atoms with Crippen molar-refractivity contribution < 1.29 is 14.6 Å². The van der Waals surface area contributed by atoms with Crippen LogP contribution in [0.5, 0.6) is 11.6 Å². The molecule has 1 aromatic heterocycles. The zero-order valence-electron chi connectivity index (χ0n) is 17.8. The zero-order valence-corrected chi connectivity index (χ0v) is 17.8. The fraction of sp³-hybridized carbons (Fsp3) is 0.375. The molecule has 0 saturated carbocycles. The third-order valence-electron chi connectivity index (χ3n) is 5.73. The second-order valence-electron chi connectivity index (χ2n) is 7.91. The van der Waals surface area contributed by atoms with Gasteiger partial charge in [0.1, 0.15) is 5.75 Å². The van der Waals surface area contributed by atoms with E-state index in [1.165, 1.54) is 25.7 Å². The van der Waals surface area contributed by atoms with Crippen molar-refractivity contribution in [3.05, 3.63) is 54.1 Å². The molecule has 0 atom stereocenters. The number of nitrogens with zero attached hydrogens (tertiary/aromatic N) is 4. The summed E-state index contributed by atoms with van der Waals surface area (Å²) in [5, 5.41) is 19.8. The summed E-state index contributed by atoms with van der Waals surface area (Å²) in [4.78, 5) is 14.7. The van der Waals surface area contributed by atoms with E-state index in [4.69, 9.17) is 4.74 Å². The Hall–Kier alpha value is -3.19. The second kappa shape index (κ2) is 9.75. The quantitative estimate of drug-likeness (QED) is 0.567. The second-order valence-corrected chi connectivity index (χ2v) is 7.91. The van der Waals surface area contributed by atoms with Crippen LogP contribution in [0.15, 0.2) is 58.8 Å². The molecule has 2 aromatic carbocycles. The number of aromatic nitrogens is 1. The number of para-hydroxylation sites is 1. The van der Waals surface area contributed by atoms with Gasteiger partial charge in [-0.2, -0.15) is 0 Å². The van der Waals surface area contributed by atoms with Gasteiger partial charge in [-0.15, -0.1) is 10.2 Å². The third-order valence-corrected chi connectivity index (χ3v) is 5.73. The topological polar surface area (TPSA) is 79.4 Å². The smallest absolute Gasteiger partial charge is 0.269 e. The summed E-state index contributed by atoms with van der Waals surface area (Å²) in [7, 11) is 1.60. The highest BCUT2D eigenvalue weighted by molar-refractivity contribution is 5.95. The molecule has 1 fully saturated rings. The minimum absolute atomic E-state index is 0.0476. The number of amides is 1. The molecular formula is C24H28N4O3. The van der Waals surface area contributed by atoms with Gasteiger partial charge in [-0.05, 0) is 49.7 Å². The number of likely N-dealkylation sites (tertiary alicyclic amines) is 1. The summed E-state index contributed by atoms with van der Waals surface area (Å²) in [6.07, 6.45) is 4.99. The first-order valence-corrected chi connectivity index (χ1v) is 10.8.